The van der Waals surface area contributed by atoms with Gasteiger partial charge in [0.05, 0.1) is 5.69 Å². The summed E-state index contributed by atoms with van der Waals surface area (Å²) >= 11 is 0. The lowest BCUT2D eigenvalue weighted by atomic mass is 10.0. The van der Waals surface area contributed by atoms with E-state index in [1.54, 1.807) is 0 Å². The van der Waals surface area contributed by atoms with Crippen LogP contribution in [-0.4, -0.2) is 41.3 Å². The number of hydrogen-bond acceptors (Lipinski definition) is 3. The quantitative estimate of drug-likeness (QED) is 0.920. The molecule has 0 unspecified atom stereocenters. The molecule has 0 radical (unpaired) electrons. The highest BCUT2D eigenvalue weighted by Crippen LogP contribution is 2.29. The molecule has 4 heteroatoms. The maximum Gasteiger partial charge on any atom is 0.0968 e. The van der Waals surface area contributed by atoms with Crippen molar-refractivity contribution >= 4 is 5.69 Å². The second-order valence-electron chi connectivity index (χ2n) is 5.87. The van der Waals surface area contributed by atoms with Crippen LogP contribution in [0.2, 0.25) is 0 Å². The van der Waals surface area contributed by atoms with Gasteiger partial charge in [-0.15, -0.1) is 0 Å². The van der Waals surface area contributed by atoms with Crippen LogP contribution in [0.3, 0.4) is 0 Å². The number of aromatic amines is 1. The highest BCUT2D eigenvalue weighted by Gasteiger charge is 2.21. The monoisotopic (exact) mass is 298 g/mol. The fourth-order valence-corrected chi connectivity index (χ4v) is 3.28. The molecule has 0 bridgehead atoms. The molecule has 118 valence electrons. The van der Waals surface area contributed by atoms with E-state index in [1.807, 2.05) is 0 Å². The number of nitrogens with one attached hydrogen (secondary N) is 1. The summed E-state index contributed by atoms with van der Waals surface area (Å²) in [7, 11) is 0. The number of nitrogens with zero attached hydrogens (tertiary/aromatic N) is 3. The van der Waals surface area contributed by atoms with E-state index in [9.17, 15) is 0 Å². The first-order valence-electron chi connectivity index (χ1n) is 8.40. The number of benzene rings is 1. The average Bonchev–Trinajstić information content (AvgIpc) is 2.99. The van der Waals surface area contributed by atoms with Crippen molar-refractivity contribution < 1.29 is 0 Å². The van der Waals surface area contributed by atoms with Gasteiger partial charge >= 0.3 is 0 Å². The molecule has 22 heavy (non-hydrogen) atoms. The molecule has 1 aliphatic rings. The minimum atomic E-state index is 1.01. The van der Waals surface area contributed by atoms with Crippen molar-refractivity contribution in [2.45, 2.75) is 33.7 Å². The molecule has 0 atom stereocenters. The van der Waals surface area contributed by atoms with Gasteiger partial charge in [-0.1, -0.05) is 19.1 Å². The Morgan fingerprint density at radius 3 is 2.50 bits per heavy atom. The van der Waals surface area contributed by atoms with Gasteiger partial charge < -0.3 is 4.90 Å². The first-order chi connectivity index (χ1) is 10.8. The van der Waals surface area contributed by atoms with Gasteiger partial charge in [-0.3, -0.25) is 10.00 Å². The van der Waals surface area contributed by atoms with E-state index in [0.29, 0.717) is 0 Å². The molecular formula is C18H26N4. The topological polar surface area (TPSA) is 35.2 Å². The summed E-state index contributed by atoms with van der Waals surface area (Å²) in [5.74, 6) is 0. The van der Waals surface area contributed by atoms with E-state index in [1.165, 1.54) is 22.5 Å². The summed E-state index contributed by atoms with van der Waals surface area (Å²) in [6.45, 7) is 11.9. The van der Waals surface area contributed by atoms with Gasteiger partial charge in [0.1, 0.15) is 0 Å². The summed E-state index contributed by atoms with van der Waals surface area (Å²) in [4.78, 5) is 4.84. The molecule has 0 saturated carbocycles. The molecule has 0 amide bonds. The predicted octanol–water partition coefficient (Wildman–Crippen LogP) is 3.30. The number of anilines is 1. The molecule has 2 heterocycles. The molecule has 2 aromatic rings. The summed E-state index contributed by atoms with van der Waals surface area (Å²) in [6.07, 6.45) is 1.08. The van der Waals surface area contributed by atoms with Crippen molar-refractivity contribution in [3.8, 4) is 11.3 Å². The van der Waals surface area contributed by atoms with Gasteiger partial charge in [0.15, 0.2) is 0 Å². The van der Waals surface area contributed by atoms with Crippen LogP contribution < -0.4 is 4.90 Å². The SMILES string of the molecule is CCN1CCc2[nH]nc(-c3ccc(N(CC)CC)cc3)c2C1. The predicted molar refractivity (Wildman–Crippen MR) is 92.2 cm³/mol. The third kappa shape index (κ3) is 2.75. The van der Waals surface area contributed by atoms with Crippen molar-refractivity contribution in [3.63, 3.8) is 0 Å². The highest BCUT2D eigenvalue weighted by molar-refractivity contribution is 5.67. The second-order valence-corrected chi connectivity index (χ2v) is 5.87. The minimum absolute atomic E-state index is 1.01. The van der Waals surface area contributed by atoms with Crippen LogP contribution in [0.25, 0.3) is 11.3 Å². The van der Waals surface area contributed by atoms with Crippen LogP contribution >= 0.6 is 0 Å². The van der Waals surface area contributed by atoms with Gasteiger partial charge in [-0.25, -0.2) is 0 Å². The zero-order valence-electron chi connectivity index (χ0n) is 13.9. The second kappa shape index (κ2) is 6.53. The van der Waals surface area contributed by atoms with Gasteiger partial charge in [-0.05, 0) is 32.5 Å². The number of aromatic nitrogens is 2. The molecule has 1 aromatic heterocycles. The van der Waals surface area contributed by atoms with Crippen LogP contribution in [-0.2, 0) is 13.0 Å². The molecule has 3 rings (SSSR count). The number of H-pyrrole nitrogens is 1. The van der Waals surface area contributed by atoms with Crippen LogP contribution in [0.4, 0.5) is 5.69 Å². The van der Waals surface area contributed by atoms with E-state index in [0.717, 1.165) is 44.8 Å². The Labute approximate surface area is 133 Å². The van der Waals surface area contributed by atoms with E-state index in [-0.39, 0.29) is 0 Å². The number of hydrogen-bond donors (Lipinski definition) is 1. The van der Waals surface area contributed by atoms with Crippen molar-refractivity contribution in [1.82, 2.24) is 15.1 Å². The number of rotatable bonds is 5. The lowest BCUT2D eigenvalue weighted by Gasteiger charge is -2.25. The summed E-state index contributed by atoms with van der Waals surface area (Å²) in [6, 6.07) is 8.83. The Bertz CT molecular complexity index is 611. The molecule has 0 saturated heterocycles. The molecule has 1 aromatic carbocycles. The fraction of sp³-hybridized carbons (Fsp3) is 0.500. The van der Waals surface area contributed by atoms with Crippen LogP contribution in [0.1, 0.15) is 32.0 Å². The van der Waals surface area contributed by atoms with Crippen LogP contribution in [0, 0.1) is 0 Å². The van der Waals surface area contributed by atoms with Gasteiger partial charge in [0, 0.05) is 55.1 Å². The maximum atomic E-state index is 4.59. The zero-order chi connectivity index (χ0) is 15.5. The molecular weight excluding hydrogens is 272 g/mol. The third-order valence-corrected chi connectivity index (χ3v) is 4.73. The Morgan fingerprint density at radius 2 is 1.86 bits per heavy atom. The lowest BCUT2D eigenvalue weighted by Crippen LogP contribution is -2.30. The molecule has 0 aliphatic carbocycles. The number of likely N-dealkylation sites (N-methyl/N-ethyl adjacent to an activating group) is 1. The molecule has 0 spiro atoms. The molecule has 1 aliphatic heterocycles. The largest absolute Gasteiger partial charge is 0.372 e. The highest BCUT2D eigenvalue weighted by atomic mass is 15.2. The van der Waals surface area contributed by atoms with Crippen LogP contribution in [0.15, 0.2) is 24.3 Å². The Balaban J connectivity index is 1.88. The maximum absolute atomic E-state index is 4.59. The normalized spacial score (nSPS) is 14.9. The van der Waals surface area contributed by atoms with Crippen molar-refractivity contribution in [3.05, 3.63) is 35.5 Å². The molecule has 4 nitrogen and oxygen atoms in total. The van der Waals surface area contributed by atoms with Crippen molar-refractivity contribution in [2.75, 3.05) is 31.1 Å². The standard InChI is InChI=1S/C18H26N4/c1-4-21-12-11-17-16(13-21)18(20-19-17)14-7-9-15(10-8-14)22(5-2)6-3/h7-10H,4-6,11-13H2,1-3H3,(H,19,20). The summed E-state index contributed by atoms with van der Waals surface area (Å²) < 4.78 is 0. The smallest absolute Gasteiger partial charge is 0.0968 e. The van der Waals surface area contributed by atoms with E-state index in [2.05, 4.69) is 65.0 Å². The van der Waals surface area contributed by atoms with Gasteiger partial charge in [-0.2, -0.15) is 5.10 Å². The van der Waals surface area contributed by atoms with Crippen LogP contribution in [0.5, 0.6) is 0 Å². The molecule has 0 fully saturated rings. The minimum Gasteiger partial charge on any atom is -0.372 e. The van der Waals surface area contributed by atoms with E-state index < -0.39 is 0 Å². The zero-order valence-corrected chi connectivity index (χ0v) is 13.9. The first-order valence-corrected chi connectivity index (χ1v) is 8.40. The third-order valence-electron chi connectivity index (χ3n) is 4.73. The summed E-state index contributed by atoms with van der Waals surface area (Å²) in [5.41, 5.74) is 6.31. The summed E-state index contributed by atoms with van der Waals surface area (Å²) in [5, 5.41) is 7.83. The first kappa shape index (κ1) is 15.1. The van der Waals surface area contributed by atoms with Gasteiger partial charge in [0.2, 0.25) is 0 Å². The fourth-order valence-electron chi connectivity index (χ4n) is 3.28. The van der Waals surface area contributed by atoms with E-state index >= 15 is 0 Å². The van der Waals surface area contributed by atoms with Crippen molar-refractivity contribution in [1.29, 1.82) is 0 Å². The van der Waals surface area contributed by atoms with E-state index in [4.69, 9.17) is 0 Å². The average molecular weight is 298 g/mol. The Kier molecular flexibility index (Phi) is 4.48. The Morgan fingerprint density at radius 1 is 1.14 bits per heavy atom. The molecule has 1 N–H and O–H groups in total. The lowest BCUT2D eigenvalue weighted by molar-refractivity contribution is 0.267. The number of fused-ring (bicyclic) bond motifs is 1. The van der Waals surface area contributed by atoms with Gasteiger partial charge in [0.25, 0.3) is 0 Å². The van der Waals surface area contributed by atoms with Crippen molar-refractivity contribution in [2.24, 2.45) is 0 Å². The Hall–Kier alpha value is -1.81.